The molecular formula is C42H85N2O6P. The maximum absolute atomic E-state index is 12.8. The number of phosphoric acid groups is 1. The van der Waals surface area contributed by atoms with E-state index in [9.17, 15) is 19.4 Å². The molecule has 1 amide bonds. The molecule has 0 aliphatic rings. The number of hydrogen-bond donors (Lipinski definition) is 2. The van der Waals surface area contributed by atoms with Gasteiger partial charge in [0.2, 0.25) is 5.91 Å². The van der Waals surface area contributed by atoms with E-state index in [-0.39, 0.29) is 19.1 Å². The van der Waals surface area contributed by atoms with Crippen LogP contribution in [0.15, 0.2) is 12.2 Å². The summed E-state index contributed by atoms with van der Waals surface area (Å²) in [6.07, 6.45) is 37.7. The number of likely N-dealkylation sites (N-methyl/N-ethyl adjacent to an activating group) is 1. The molecular weight excluding hydrogens is 659 g/mol. The minimum absolute atomic E-state index is 0.0130. The molecule has 0 aliphatic carbocycles. The Morgan fingerprint density at radius 1 is 0.667 bits per heavy atom. The molecule has 0 aromatic heterocycles. The molecule has 51 heavy (non-hydrogen) atoms. The lowest BCUT2D eigenvalue weighted by Crippen LogP contribution is -2.46. The van der Waals surface area contributed by atoms with Crippen LogP contribution in [0.25, 0.3) is 0 Å². The molecule has 9 heteroatoms. The Morgan fingerprint density at radius 3 is 1.55 bits per heavy atom. The Kier molecular flexibility index (Phi) is 34.5. The third-order valence-corrected chi connectivity index (χ3v) is 10.7. The molecule has 0 radical (unpaired) electrons. The first-order valence-corrected chi connectivity index (χ1v) is 23.0. The lowest BCUT2D eigenvalue weighted by molar-refractivity contribution is -0.870. The fraction of sp³-hybridized carbons (Fsp3) is 0.929. The first-order valence-electron chi connectivity index (χ1n) is 21.5. The van der Waals surface area contributed by atoms with Crippen molar-refractivity contribution >= 4 is 13.7 Å². The van der Waals surface area contributed by atoms with Gasteiger partial charge in [0.15, 0.2) is 0 Å². The van der Waals surface area contributed by atoms with Crippen molar-refractivity contribution in [3.63, 3.8) is 0 Å². The number of nitrogens with zero attached hydrogens (tertiary/aromatic N) is 1. The van der Waals surface area contributed by atoms with Crippen molar-refractivity contribution in [2.75, 3.05) is 40.9 Å². The van der Waals surface area contributed by atoms with Crippen LogP contribution in [-0.2, 0) is 18.4 Å². The Morgan fingerprint density at radius 2 is 1.08 bits per heavy atom. The monoisotopic (exact) mass is 745 g/mol. The van der Waals surface area contributed by atoms with Crippen LogP contribution >= 0.6 is 7.82 Å². The van der Waals surface area contributed by atoms with Gasteiger partial charge in [-0.15, -0.1) is 0 Å². The number of phosphoric ester groups is 1. The number of carbonyl (C=O) groups excluding carboxylic acids is 1. The van der Waals surface area contributed by atoms with Gasteiger partial charge in [-0.1, -0.05) is 167 Å². The van der Waals surface area contributed by atoms with E-state index in [2.05, 4.69) is 31.3 Å². The molecule has 8 nitrogen and oxygen atoms in total. The van der Waals surface area contributed by atoms with Crippen molar-refractivity contribution < 1.29 is 32.9 Å². The lowest BCUT2D eigenvalue weighted by Gasteiger charge is -2.30. The van der Waals surface area contributed by atoms with Crippen LogP contribution in [0.4, 0.5) is 0 Å². The summed E-state index contributed by atoms with van der Waals surface area (Å²) < 4.78 is 23.2. The van der Waals surface area contributed by atoms with Crippen LogP contribution < -0.4 is 10.2 Å². The van der Waals surface area contributed by atoms with Crippen LogP contribution in [0.3, 0.4) is 0 Å². The van der Waals surface area contributed by atoms with Crippen LogP contribution in [0.1, 0.15) is 200 Å². The number of unbranched alkanes of at least 4 members (excludes halogenated alkanes) is 24. The predicted molar refractivity (Wildman–Crippen MR) is 215 cm³/mol. The molecule has 0 heterocycles. The lowest BCUT2D eigenvalue weighted by atomic mass is 10.0. The summed E-state index contributed by atoms with van der Waals surface area (Å²) in [5, 5.41) is 13.9. The fourth-order valence-electron chi connectivity index (χ4n) is 6.27. The standard InChI is InChI=1S/C42H85N2O6P/c1-6-8-10-12-14-16-18-20-22-24-26-28-30-32-34-36-42(46)43-40(39-50-51(47,48)49-38-37-44(3,4)5)41(45)35-33-31-29-27-25-23-21-19-17-15-13-11-9-7-2/h16,18,40-41,45H,6-15,17,19-39H2,1-5H3,(H-,43,46,47,48)/b18-16-. The third kappa shape index (κ3) is 37.4. The van der Waals surface area contributed by atoms with E-state index in [0.717, 1.165) is 38.5 Å². The van der Waals surface area contributed by atoms with Crippen molar-refractivity contribution in [3.05, 3.63) is 12.2 Å². The van der Waals surface area contributed by atoms with Gasteiger partial charge in [0, 0.05) is 6.42 Å². The number of carbonyl (C=O) groups is 1. The van der Waals surface area contributed by atoms with E-state index in [4.69, 9.17) is 9.05 Å². The van der Waals surface area contributed by atoms with Crippen molar-refractivity contribution in [2.24, 2.45) is 0 Å². The minimum Gasteiger partial charge on any atom is -0.756 e. The Bertz CT molecular complexity index is 850. The summed E-state index contributed by atoms with van der Waals surface area (Å²) >= 11 is 0. The number of hydrogen-bond acceptors (Lipinski definition) is 6. The highest BCUT2D eigenvalue weighted by Gasteiger charge is 2.24. The van der Waals surface area contributed by atoms with Gasteiger partial charge in [0.25, 0.3) is 7.82 Å². The van der Waals surface area contributed by atoms with E-state index in [1.54, 1.807) is 0 Å². The molecule has 0 aromatic rings. The zero-order chi connectivity index (χ0) is 37.9. The molecule has 0 saturated carbocycles. The summed E-state index contributed by atoms with van der Waals surface area (Å²) in [7, 11) is 1.31. The minimum atomic E-state index is -4.56. The van der Waals surface area contributed by atoms with Gasteiger partial charge in [-0.2, -0.15) is 0 Å². The highest BCUT2D eigenvalue weighted by atomic mass is 31.2. The van der Waals surface area contributed by atoms with Crippen LogP contribution in [-0.4, -0.2) is 68.5 Å². The number of amides is 1. The molecule has 0 fully saturated rings. The van der Waals surface area contributed by atoms with E-state index in [1.165, 1.54) is 135 Å². The summed E-state index contributed by atoms with van der Waals surface area (Å²) in [4.78, 5) is 25.3. The fourth-order valence-corrected chi connectivity index (χ4v) is 6.99. The highest BCUT2D eigenvalue weighted by molar-refractivity contribution is 7.45. The van der Waals surface area contributed by atoms with Gasteiger partial charge < -0.3 is 28.8 Å². The summed E-state index contributed by atoms with van der Waals surface area (Å²) in [5.74, 6) is -0.170. The largest absolute Gasteiger partial charge is 0.756 e. The number of nitrogens with one attached hydrogen (secondary N) is 1. The van der Waals surface area contributed by atoms with Crippen molar-refractivity contribution in [2.45, 2.75) is 212 Å². The zero-order valence-corrected chi connectivity index (χ0v) is 35.2. The van der Waals surface area contributed by atoms with E-state index < -0.39 is 20.0 Å². The first-order chi connectivity index (χ1) is 24.5. The van der Waals surface area contributed by atoms with Gasteiger partial charge in [-0.3, -0.25) is 9.36 Å². The summed E-state index contributed by atoms with van der Waals surface area (Å²) in [6, 6.07) is -0.797. The number of quaternary nitrogens is 1. The van der Waals surface area contributed by atoms with Crippen LogP contribution in [0.2, 0.25) is 0 Å². The molecule has 0 aromatic carbocycles. The molecule has 0 bridgehead atoms. The predicted octanol–water partition coefficient (Wildman–Crippen LogP) is 10.9. The third-order valence-electron chi connectivity index (χ3n) is 9.75. The molecule has 2 N–H and O–H groups in total. The molecule has 3 atom stereocenters. The van der Waals surface area contributed by atoms with Crippen molar-refractivity contribution in [3.8, 4) is 0 Å². The average Bonchev–Trinajstić information content (AvgIpc) is 3.07. The summed E-state index contributed by atoms with van der Waals surface area (Å²) in [6.45, 7) is 4.70. The molecule has 304 valence electrons. The molecule has 0 rings (SSSR count). The van der Waals surface area contributed by atoms with Crippen LogP contribution in [0.5, 0.6) is 0 Å². The van der Waals surface area contributed by atoms with E-state index in [1.807, 2.05) is 21.1 Å². The number of rotatable bonds is 39. The maximum atomic E-state index is 12.8. The molecule has 0 spiro atoms. The van der Waals surface area contributed by atoms with E-state index >= 15 is 0 Å². The second-order valence-electron chi connectivity index (χ2n) is 16.1. The average molecular weight is 745 g/mol. The Balaban J connectivity index is 4.39. The quantitative estimate of drug-likeness (QED) is 0.0281. The van der Waals surface area contributed by atoms with Crippen molar-refractivity contribution in [1.82, 2.24) is 5.32 Å². The molecule has 0 saturated heterocycles. The smallest absolute Gasteiger partial charge is 0.268 e. The van der Waals surface area contributed by atoms with Crippen LogP contribution in [0, 0.1) is 0 Å². The highest BCUT2D eigenvalue weighted by Crippen LogP contribution is 2.38. The second-order valence-corrected chi connectivity index (χ2v) is 17.5. The zero-order valence-electron chi connectivity index (χ0n) is 34.3. The van der Waals surface area contributed by atoms with E-state index in [0.29, 0.717) is 23.9 Å². The Labute approximate surface area is 316 Å². The second kappa shape index (κ2) is 35.0. The normalized spacial score (nSPS) is 14.6. The number of allylic oxidation sites excluding steroid dienone is 2. The van der Waals surface area contributed by atoms with Gasteiger partial charge in [-0.25, -0.2) is 0 Å². The molecule has 3 unspecified atom stereocenters. The SMILES string of the molecule is CCCCCC/C=C\CCCCCCCCCC(=O)NC(COP(=O)([O-])OCC[N+](C)(C)C)C(O)CCCCCCCCCCCCCCCC. The summed E-state index contributed by atoms with van der Waals surface area (Å²) in [5.41, 5.74) is 0. The topological polar surface area (TPSA) is 108 Å². The van der Waals surface area contributed by atoms with Gasteiger partial charge in [0.1, 0.15) is 13.2 Å². The van der Waals surface area contributed by atoms with Gasteiger partial charge in [0.05, 0.1) is 39.9 Å². The number of aliphatic hydroxyl groups excluding tert-OH is 1. The molecule has 0 aliphatic heterocycles. The number of aliphatic hydroxyl groups is 1. The first kappa shape index (κ1) is 50.2. The van der Waals surface area contributed by atoms with Crippen molar-refractivity contribution in [1.29, 1.82) is 0 Å². The Hall–Kier alpha value is -0.760. The van der Waals surface area contributed by atoms with Gasteiger partial charge >= 0.3 is 0 Å². The maximum Gasteiger partial charge on any atom is 0.268 e. The van der Waals surface area contributed by atoms with Gasteiger partial charge in [-0.05, 0) is 38.5 Å².